The summed E-state index contributed by atoms with van der Waals surface area (Å²) in [6, 6.07) is 16.0. The zero-order chi connectivity index (χ0) is 24.4. The van der Waals surface area contributed by atoms with E-state index in [4.69, 9.17) is 14.6 Å². The molecule has 1 aromatic heterocycles. The molecule has 180 valence electrons. The number of nitrogens with zero attached hydrogens (tertiary/aromatic N) is 2. The lowest BCUT2D eigenvalue weighted by atomic mass is 9.98. The molecule has 4 N–H and O–H groups in total. The standard InChI is InChI=1S/C24H23N5O6/c30-21(25-11-13-9-10-34-19(13)22(31)32)20-26-23(29-28-20)27-24(33)35-12-18-16-7-3-1-5-14(16)15-6-2-4-8-17(15)18/h1-8,13,18-19H,9-12H2,(H,25,30)(H,31,32)(H2,26,27,28,29,33). The van der Waals surface area contributed by atoms with E-state index >= 15 is 0 Å². The number of carbonyl (C=O) groups is 3. The van der Waals surface area contributed by atoms with Crippen molar-refractivity contribution in [3.8, 4) is 11.1 Å². The van der Waals surface area contributed by atoms with Gasteiger partial charge in [-0.15, -0.1) is 5.10 Å². The Bertz CT molecular complexity index is 1230. The first-order valence-electron chi connectivity index (χ1n) is 11.2. The van der Waals surface area contributed by atoms with Crippen LogP contribution in [0.1, 0.15) is 34.1 Å². The summed E-state index contributed by atoms with van der Waals surface area (Å²) >= 11 is 0. The van der Waals surface area contributed by atoms with Gasteiger partial charge >= 0.3 is 12.1 Å². The molecule has 1 saturated heterocycles. The van der Waals surface area contributed by atoms with Gasteiger partial charge in [-0.1, -0.05) is 48.5 Å². The van der Waals surface area contributed by atoms with Crippen molar-refractivity contribution in [2.75, 3.05) is 25.1 Å². The van der Waals surface area contributed by atoms with Gasteiger partial charge in [-0.05, 0) is 28.7 Å². The number of fused-ring (bicyclic) bond motifs is 3. The number of anilines is 1. The molecule has 0 radical (unpaired) electrons. The van der Waals surface area contributed by atoms with E-state index in [0.29, 0.717) is 13.0 Å². The van der Waals surface area contributed by atoms with Gasteiger partial charge in [0.15, 0.2) is 6.10 Å². The quantitative estimate of drug-likeness (QED) is 0.404. The average molecular weight is 477 g/mol. The van der Waals surface area contributed by atoms with Crippen LogP contribution in [0.3, 0.4) is 0 Å². The van der Waals surface area contributed by atoms with Crippen LogP contribution in [0.5, 0.6) is 0 Å². The monoisotopic (exact) mass is 477 g/mol. The van der Waals surface area contributed by atoms with Crippen molar-refractivity contribution in [1.82, 2.24) is 20.5 Å². The molecule has 11 nitrogen and oxygen atoms in total. The highest BCUT2D eigenvalue weighted by molar-refractivity contribution is 5.91. The molecule has 0 saturated carbocycles. The molecule has 3 aromatic rings. The fraction of sp³-hybridized carbons (Fsp3) is 0.292. The molecule has 35 heavy (non-hydrogen) atoms. The molecule has 2 amide bonds. The molecule has 2 heterocycles. The van der Waals surface area contributed by atoms with Crippen molar-refractivity contribution >= 4 is 23.9 Å². The van der Waals surface area contributed by atoms with Gasteiger partial charge in [-0.25, -0.2) is 9.59 Å². The normalized spacial score (nSPS) is 18.5. The summed E-state index contributed by atoms with van der Waals surface area (Å²) in [5.41, 5.74) is 4.44. The van der Waals surface area contributed by atoms with Crippen LogP contribution in [-0.4, -0.2) is 64.1 Å². The van der Waals surface area contributed by atoms with E-state index in [1.54, 1.807) is 0 Å². The highest BCUT2D eigenvalue weighted by atomic mass is 16.5. The summed E-state index contributed by atoms with van der Waals surface area (Å²) in [5, 5.41) is 20.5. The minimum Gasteiger partial charge on any atom is -0.479 e. The highest BCUT2D eigenvalue weighted by Gasteiger charge is 2.34. The van der Waals surface area contributed by atoms with Gasteiger partial charge in [-0.2, -0.15) is 4.98 Å². The van der Waals surface area contributed by atoms with Crippen molar-refractivity contribution in [3.05, 3.63) is 65.5 Å². The number of carboxylic acids is 1. The number of amides is 2. The molecule has 2 atom stereocenters. The number of ether oxygens (including phenoxy) is 2. The number of hydrogen-bond donors (Lipinski definition) is 4. The van der Waals surface area contributed by atoms with E-state index in [1.807, 2.05) is 36.4 Å². The summed E-state index contributed by atoms with van der Waals surface area (Å²) in [6.07, 6.45) is -1.16. The van der Waals surface area contributed by atoms with E-state index in [-0.39, 0.29) is 36.8 Å². The van der Waals surface area contributed by atoms with Gasteiger partial charge in [0.1, 0.15) is 6.61 Å². The molecule has 2 aliphatic rings. The van der Waals surface area contributed by atoms with Crippen LogP contribution in [0.15, 0.2) is 48.5 Å². The number of aliphatic carboxylic acids is 1. The number of aromatic nitrogens is 3. The van der Waals surface area contributed by atoms with Crippen molar-refractivity contribution in [3.63, 3.8) is 0 Å². The number of nitrogens with one attached hydrogen (secondary N) is 3. The van der Waals surface area contributed by atoms with Gasteiger partial charge in [0.2, 0.25) is 5.82 Å². The molecule has 0 bridgehead atoms. The van der Waals surface area contributed by atoms with E-state index in [1.165, 1.54) is 0 Å². The van der Waals surface area contributed by atoms with E-state index < -0.39 is 24.1 Å². The van der Waals surface area contributed by atoms with Gasteiger partial charge in [0.05, 0.1) is 0 Å². The Morgan fingerprint density at radius 3 is 2.46 bits per heavy atom. The molecule has 5 rings (SSSR count). The second kappa shape index (κ2) is 9.55. The lowest BCUT2D eigenvalue weighted by Crippen LogP contribution is -2.36. The van der Waals surface area contributed by atoms with Gasteiger partial charge in [-0.3, -0.25) is 15.2 Å². The highest BCUT2D eigenvalue weighted by Crippen LogP contribution is 2.44. The smallest absolute Gasteiger partial charge is 0.414 e. The number of H-pyrrole nitrogens is 1. The molecule has 1 fully saturated rings. The van der Waals surface area contributed by atoms with Crippen LogP contribution in [0.4, 0.5) is 10.7 Å². The maximum absolute atomic E-state index is 12.4. The fourth-order valence-electron chi connectivity index (χ4n) is 4.57. The van der Waals surface area contributed by atoms with E-state index in [0.717, 1.165) is 22.3 Å². The predicted octanol–water partition coefficient (Wildman–Crippen LogP) is 2.39. The number of hydrogen-bond acceptors (Lipinski definition) is 7. The molecule has 2 unspecified atom stereocenters. The molecular formula is C24H23N5O6. The largest absolute Gasteiger partial charge is 0.479 e. The number of carboxylic acid groups (broad SMARTS) is 1. The van der Waals surface area contributed by atoms with Gasteiger partial charge in [0.25, 0.3) is 11.9 Å². The lowest BCUT2D eigenvalue weighted by Gasteiger charge is -2.14. The SMILES string of the molecule is O=C(Nc1n[nH]c(C(=O)NCC2CCOC2C(=O)O)n1)OCC1c2ccccc2-c2ccccc21. The van der Waals surface area contributed by atoms with Gasteiger partial charge < -0.3 is 19.9 Å². The molecule has 11 heteroatoms. The third-order valence-corrected chi connectivity index (χ3v) is 6.24. The first kappa shape index (κ1) is 22.5. The zero-order valence-corrected chi connectivity index (χ0v) is 18.6. The number of carbonyl (C=O) groups excluding carboxylic acids is 2. The third-order valence-electron chi connectivity index (χ3n) is 6.24. The average Bonchev–Trinajstić information content (AvgIpc) is 3.59. The summed E-state index contributed by atoms with van der Waals surface area (Å²) in [7, 11) is 0. The Labute approximate surface area is 199 Å². The van der Waals surface area contributed by atoms with Crippen molar-refractivity contribution in [2.24, 2.45) is 5.92 Å². The molecule has 1 aliphatic heterocycles. The number of benzene rings is 2. The lowest BCUT2D eigenvalue weighted by molar-refractivity contribution is -0.149. The fourth-order valence-corrected chi connectivity index (χ4v) is 4.57. The predicted molar refractivity (Wildman–Crippen MR) is 123 cm³/mol. The zero-order valence-electron chi connectivity index (χ0n) is 18.6. The van der Waals surface area contributed by atoms with Crippen molar-refractivity contribution < 1.29 is 29.0 Å². The summed E-state index contributed by atoms with van der Waals surface area (Å²) in [5.74, 6) is -2.29. The molecule has 1 aliphatic carbocycles. The van der Waals surface area contributed by atoms with Crippen molar-refractivity contribution in [2.45, 2.75) is 18.4 Å². The van der Waals surface area contributed by atoms with Crippen LogP contribution < -0.4 is 10.6 Å². The third kappa shape index (κ3) is 4.58. The molecule has 0 spiro atoms. The summed E-state index contributed by atoms with van der Waals surface area (Å²) in [6.45, 7) is 0.575. The maximum atomic E-state index is 12.4. The Morgan fingerprint density at radius 2 is 1.77 bits per heavy atom. The topological polar surface area (TPSA) is 156 Å². The van der Waals surface area contributed by atoms with E-state index in [2.05, 4.69) is 37.9 Å². The maximum Gasteiger partial charge on any atom is 0.414 e. The molecular weight excluding hydrogens is 454 g/mol. The molecule has 2 aromatic carbocycles. The summed E-state index contributed by atoms with van der Waals surface area (Å²) in [4.78, 5) is 39.8. The van der Waals surface area contributed by atoms with Gasteiger partial charge in [0, 0.05) is 25.0 Å². The first-order chi connectivity index (χ1) is 17.0. The van der Waals surface area contributed by atoms with Crippen LogP contribution in [-0.2, 0) is 14.3 Å². The first-order valence-corrected chi connectivity index (χ1v) is 11.2. The minimum absolute atomic E-state index is 0.0872. The second-order valence-corrected chi connectivity index (χ2v) is 8.35. The van der Waals surface area contributed by atoms with Crippen LogP contribution in [0, 0.1) is 5.92 Å². The Kier molecular flexibility index (Phi) is 6.15. The summed E-state index contributed by atoms with van der Waals surface area (Å²) < 4.78 is 10.6. The second-order valence-electron chi connectivity index (χ2n) is 8.35. The Morgan fingerprint density at radius 1 is 1.09 bits per heavy atom. The van der Waals surface area contributed by atoms with Crippen LogP contribution in [0.2, 0.25) is 0 Å². The minimum atomic E-state index is -1.06. The Balaban J connectivity index is 1.15. The van der Waals surface area contributed by atoms with E-state index in [9.17, 15) is 14.4 Å². The number of aromatic amines is 1. The van der Waals surface area contributed by atoms with Crippen LogP contribution >= 0.6 is 0 Å². The Hall–Kier alpha value is -4.25. The van der Waals surface area contributed by atoms with Crippen molar-refractivity contribution in [1.29, 1.82) is 0 Å². The van der Waals surface area contributed by atoms with Crippen LogP contribution in [0.25, 0.3) is 11.1 Å². The number of rotatable bonds is 7.